The number of likely N-dealkylation sites (tertiary alicyclic amines) is 1. The second-order valence-electron chi connectivity index (χ2n) is 7.40. The van der Waals surface area contributed by atoms with Gasteiger partial charge in [0, 0.05) is 32.0 Å². The summed E-state index contributed by atoms with van der Waals surface area (Å²) in [5.41, 5.74) is 6.03. The van der Waals surface area contributed by atoms with Crippen molar-refractivity contribution in [2.75, 3.05) is 19.6 Å². The lowest BCUT2D eigenvalue weighted by Crippen LogP contribution is -2.46. The van der Waals surface area contributed by atoms with Crippen LogP contribution in [0.5, 0.6) is 0 Å². The molecule has 0 radical (unpaired) electrons. The van der Waals surface area contributed by atoms with Gasteiger partial charge in [0.1, 0.15) is 0 Å². The first-order chi connectivity index (χ1) is 13.5. The van der Waals surface area contributed by atoms with Gasteiger partial charge in [-0.1, -0.05) is 24.6 Å². The minimum absolute atomic E-state index is 0.0241. The number of hydrogen-bond acceptors (Lipinski definition) is 4. The monoisotopic (exact) mass is 402 g/mol. The molecule has 3 aliphatic rings. The molecule has 0 aromatic rings. The predicted molar refractivity (Wildman–Crippen MR) is 110 cm³/mol. The fourth-order valence-corrected chi connectivity index (χ4v) is 4.07. The number of primary amides is 1. The number of nitrogens with zero attached hydrogens (tertiary/aromatic N) is 3. The number of fused-ring (bicyclic) bond motifs is 1. The van der Waals surface area contributed by atoms with Gasteiger partial charge >= 0.3 is 0 Å². The first-order valence-corrected chi connectivity index (χ1v) is 10.2. The van der Waals surface area contributed by atoms with Crippen molar-refractivity contribution >= 4 is 40.8 Å². The number of rotatable bonds is 7. The Kier molecular flexibility index (Phi) is 6.72. The van der Waals surface area contributed by atoms with Crippen LogP contribution in [0.25, 0.3) is 0 Å². The van der Waals surface area contributed by atoms with Crippen molar-refractivity contribution in [1.29, 1.82) is 0 Å². The third-order valence-corrected chi connectivity index (χ3v) is 5.82. The van der Waals surface area contributed by atoms with Crippen molar-refractivity contribution in [2.45, 2.75) is 38.5 Å². The number of aliphatic imine (C=N–C) groups is 1. The molecule has 2 heterocycles. The fraction of sp³-hybridized carbons (Fsp3) is 0.550. The normalized spacial score (nSPS) is 22.3. The summed E-state index contributed by atoms with van der Waals surface area (Å²) in [6.45, 7) is 1.74. The highest BCUT2D eigenvalue weighted by Gasteiger charge is 2.33. The molecule has 1 unspecified atom stereocenters. The van der Waals surface area contributed by atoms with Gasteiger partial charge in [-0.2, -0.15) is 0 Å². The van der Waals surface area contributed by atoms with Crippen molar-refractivity contribution in [2.24, 2.45) is 22.6 Å². The van der Waals surface area contributed by atoms with Crippen molar-refractivity contribution < 1.29 is 14.4 Å². The summed E-state index contributed by atoms with van der Waals surface area (Å²) in [4.78, 5) is 43.9. The third-order valence-electron chi connectivity index (χ3n) is 5.51. The molecule has 0 saturated carbocycles. The van der Waals surface area contributed by atoms with Gasteiger partial charge in [0.15, 0.2) is 0 Å². The largest absolute Gasteiger partial charge is 0.369 e. The molecule has 28 heavy (non-hydrogen) atoms. The second kappa shape index (κ2) is 9.23. The van der Waals surface area contributed by atoms with E-state index < -0.39 is 0 Å². The van der Waals surface area contributed by atoms with E-state index in [0.29, 0.717) is 49.7 Å². The molecular weight excluding hydrogens is 376 g/mol. The molecule has 8 heteroatoms. The molecule has 7 nitrogen and oxygen atoms in total. The molecule has 0 spiro atoms. The Labute approximate surface area is 170 Å². The van der Waals surface area contributed by atoms with Gasteiger partial charge < -0.3 is 10.6 Å². The molecule has 2 N–H and O–H groups in total. The molecule has 0 aromatic carbocycles. The van der Waals surface area contributed by atoms with Crippen LogP contribution in [-0.4, -0.2) is 58.0 Å². The van der Waals surface area contributed by atoms with E-state index in [0.717, 1.165) is 19.3 Å². The van der Waals surface area contributed by atoms with E-state index in [1.54, 1.807) is 4.90 Å². The smallest absolute Gasteiger partial charge is 0.241 e. The van der Waals surface area contributed by atoms with Crippen molar-refractivity contribution in [1.82, 2.24) is 9.80 Å². The zero-order valence-electron chi connectivity index (χ0n) is 15.9. The Bertz CT molecular complexity index is 751. The highest BCUT2D eigenvalue weighted by Crippen LogP contribution is 2.21. The summed E-state index contributed by atoms with van der Waals surface area (Å²) < 4.78 is 0. The third kappa shape index (κ3) is 4.73. The van der Waals surface area contributed by atoms with E-state index in [9.17, 15) is 14.4 Å². The van der Waals surface area contributed by atoms with Gasteiger partial charge in [-0.3, -0.25) is 19.3 Å². The minimum atomic E-state index is -0.332. The quantitative estimate of drug-likeness (QED) is 0.517. The van der Waals surface area contributed by atoms with Crippen LogP contribution >= 0.6 is 12.2 Å². The zero-order valence-corrected chi connectivity index (χ0v) is 16.7. The fourth-order valence-electron chi connectivity index (χ4n) is 3.78. The second-order valence-corrected chi connectivity index (χ2v) is 7.76. The number of thiocarbonyl (C=S) groups is 1. The predicted octanol–water partition coefficient (Wildman–Crippen LogP) is 1.58. The number of carbonyl (C=O) groups is 3. The Morgan fingerprint density at radius 1 is 1.18 bits per heavy atom. The van der Waals surface area contributed by atoms with Gasteiger partial charge in [-0.15, -0.1) is 0 Å². The lowest BCUT2D eigenvalue weighted by molar-refractivity contribution is -0.135. The first kappa shape index (κ1) is 20.4. The average Bonchev–Trinajstić information content (AvgIpc) is 2.69. The number of nitrogens with two attached hydrogens (primary N) is 1. The number of carbonyl (C=O) groups excluding carboxylic acids is 3. The molecule has 1 fully saturated rings. The Morgan fingerprint density at radius 2 is 1.93 bits per heavy atom. The number of unbranched alkanes of at least 4 members (excludes halogenated alkanes) is 2. The van der Waals surface area contributed by atoms with E-state index in [1.807, 2.05) is 29.2 Å². The van der Waals surface area contributed by atoms with Crippen molar-refractivity contribution in [3.05, 3.63) is 24.3 Å². The van der Waals surface area contributed by atoms with Crippen LogP contribution in [0.2, 0.25) is 0 Å². The van der Waals surface area contributed by atoms with Crippen LogP contribution in [0.4, 0.5) is 0 Å². The highest BCUT2D eigenvalue weighted by molar-refractivity contribution is 7.80. The summed E-state index contributed by atoms with van der Waals surface area (Å²) in [6.07, 6.45) is 11.6. The summed E-state index contributed by atoms with van der Waals surface area (Å²) in [5.74, 6) is -0.604. The van der Waals surface area contributed by atoms with Crippen LogP contribution in [-0.2, 0) is 14.4 Å². The van der Waals surface area contributed by atoms with E-state index in [2.05, 4.69) is 4.99 Å². The number of allylic oxidation sites excluding steroid dienone is 3. The van der Waals surface area contributed by atoms with Crippen LogP contribution in [0.3, 0.4) is 0 Å². The van der Waals surface area contributed by atoms with Crippen LogP contribution in [0.1, 0.15) is 38.5 Å². The van der Waals surface area contributed by atoms with Crippen LogP contribution in [0.15, 0.2) is 29.3 Å². The summed E-state index contributed by atoms with van der Waals surface area (Å²) >= 11 is 5.27. The van der Waals surface area contributed by atoms with Gasteiger partial charge in [0.05, 0.1) is 11.6 Å². The minimum Gasteiger partial charge on any atom is -0.369 e. The van der Waals surface area contributed by atoms with Crippen LogP contribution < -0.4 is 5.73 Å². The molecule has 1 atom stereocenters. The van der Waals surface area contributed by atoms with Gasteiger partial charge in [-0.25, -0.2) is 4.99 Å². The van der Waals surface area contributed by atoms with E-state index in [4.69, 9.17) is 18.0 Å². The lowest BCUT2D eigenvalue weighted by Gasteiger charge is -2.31. The topological polar surface area (TPSA) is 96.1 Å². The SMILES string of the molecule is NC(=O)C1CCN(C(=O)CCCCCN2C(=O)C3C=CC=CC3=NC2=S)CC1. The number of amides is 3. The van der Waals surface area contributed by atoms with Crippen LogP contribution in [0, 0.1) is 11.8 Å². The highest BCUT2D eigenvalue weighted by atomic mass is 32.1. The van der Waals surface area contributed by atoms with Crippen molar-refractivity contribution in [3.8, 4) is 0 Å². The molecule has 3 amide bonds. The Balaban J connectivity index is 1.36. The number of piperidine rings is 1. The summed E-state index contributed by atoms with van der Waals surface area (Å²) in [6, 6.07) is 0. The average molecular weight is 403 g/mol. The Hall–Kier alpha value is -2.35. The molecule has 3 rings (SSSR count). The van der Waals surface area contributed by atoms with Gasteiger partial charge in [0.25, 0.3) is 0 Å². The summed E-state index contributed by atoms with van der Waals surface area (Å²) in [5, 5.41) is 0.324. The molecule has 1 saturated heterocycles. The van der Waals surface area contributed by atoms with E-state index in [1.165, 1.54) is 0 Å². The van der Waals surface area contributed by atoms with Crippen molar-refractivity contribution in [3.63, 3.8) is 0 Å². The van der Waals surface area contributed by atoms with Gasteiger partial charge in [0.2, 0.25) is 22.8 Å². The summed E-state index contributed by atoms with van der Waals surface area (Å²) in [7, 11) is 0. The maximum atomic E-state index is 12.6. The maximum Gasteiger partial charge on any atom is 0.241 e. The van der Waals surface area contributed by atoms with Gasteiger partial charge in [-0.05, 0) is 44.0 Å². The molecule has 0 aromatic heterocycles. The first-order valence-electron chi connectivity index (χ1n) is 9.83. The molecule has 1 aliphatic carbocycles. The number of hydrogen-bond donors (Lipinski definition) is 1. The molecule has 2 aliphatic heterocycles. The zero-order chi connectivity index (χ0) is 20.1. The molecule has 0 bridgehead atoms. The van der Waals surface area contributed by atoms with E-state index in [-0.39, 0.29) is 29.6 Å². The standard InChI is InChI=1S/C20H26N4O3S/c21-18(26)14-9-12-23(13-10-14)17(25)8-2-1-5-11-24-19(27)15-6-3-4-7-16(15)22-20(24)28/h3-4,6-7,14-15H,1-2,5,8-13H2,(H2,21,26). The Morgan fingerprint density at radius 3 is 2.64 bits per heavy atom. The lowest BCUT2D eigenvalue weighted by atomic mass is 9.95. The van der Waals surface area contributed by atoms with E-state index >= 15 is 0 Å². The maximum absolute atomic E-state index is 12.6. The molecule has 150 valence electrons. The molecular formula is C20H26N4O3S.